The number of hydrogen-bond acceptors (Lipinski definition) is 8. The zero-order valence-corrected chi connectivity index (χ0v) is 23.3. The van der Waals surface area contributed by atoms with Crippen molar-refractivity contribution in [1.29, 1.82) is 0 Å². The lowest BCUT2D eigenvalue weighted by Gasteiger charge is -2.25. The van der Waals surface area contributed by atoms with Crippen molar-refractivity contribution in [2.75, 3.05) is 18.6 Å². The quantitative estimate of drug-likeness (QED) is 0.105. The third-order valence-corrected chi connectivity index (χ3v) is 6.95. The number of carboxylic acids is 1. The summed E-state index contributed by atoms with van der Waals surface area (Å²) in [4.78, 5) is 65.8. The number of nitrogens with one attached hydrogen (secondary N) is 4. The zero-order valence-electron chi connectivity index (χ0n) is 22.5. The van der Waals surface area contributed by atoms with Crippen LogP contribution in [-0.4, -0.2) is 82.4 Å². The molecule has 1 aromatic carbocycles. The highest BCUT2D eigenvalue weighted by Gasteiger charge is 2.31. The lowest BCUT2D eigenvalue weighted by molar-refractivity contribution is -0.142. The van der Waals surface area contributed by atoms with E-state index in [2.05, 4.69) is 20.9 Å². The summed E-state index contributed by atoms with van der Waals surface area (Å²) in [6.45, 7) is 0.445. The van der Waals surface area contributed by atoms with Crippen LogP contribution in [0, 0.1) is 0 Å². The van der Waals surface area contributed by atoms with Crippen molar-refractivity contribution in [2.24, 2.45) is 17.2 Å². The Morgan fingerprint density at radius 3 is 2.25 bits per heavy atom. The number of thioether (sulfide) groups is 1. The van der Waals surface area contributed by atoms with E-state index in [1.165, 1.54) is 11.8 Å². The molecule has 0 spiro atoms. The second-order valence-corrected chi connectivity index (χ2v) is 10.4. The number of carboxylic acid groups (broad SMARTS) is 1. The zero-order chi connectivity index (χ0) is 29.7. The fourth-order valence-electron chi connectivity index (χ4n) is 4.10. The number of nitrogens with two attached hydrogens (primary N) is 3. The molecule has 40 heavy (non-hydrogen) atoms. The van der Waals surface area contributed by atoms with Crippen LogP contribution in [-0.2, 0) is 30.4 Å². The number of rotatable bonds is 18. The summed E-state index contributed by atoms with van der Waals surface area (Å²) in [5.74, 6) is -3.78. The fraction of sp³-hybridized carbons (Fsp3) is 0.500. The minimum Gasteiger partial charge on any atom is -0.480 e. The molecule has 4 amide bonds. The van der Waals surface area contributed by atoms with Crippen LogP contribution in [0.1, 0.15) is 37.7 Å². The summed E-state index contributed by atoms with van der Waals surface area (Å²) in [7, 11) is 0. The molecule has 4 atom stereocenters. The SMILES string of the molecule is CSCCC(NC(=O)C(Cc1c[nH]c2ccccc12)NC(=O)C(CC(N)=O)NC(=O)C(N)CCCCN)C(=O)O. The van der Waals surface area contributed by atoms with Crippen LogP contribution in [0.5, 0.6) is 0 Å². The number of H-pyrrole nitrogens is 1. The number of amides is 4. The first-order chi connectivity index (χ1) is 19.1. The Morgan fingerprint density at radius 1 is 0.950 bits per heavy atom. The van der Waals surface area contributed by atoms with Gasteiger partial charge in [-0.3, -0.25) is 19.2 Å². The first-order valence-electron chi connectivity index (χ1n) is 13.0. The fourth-order valence-corrected chi connectivity index (χ4v) is 4.57. The molecule has 2 rings (SSSR count). The molecular weight excluding hydrogens is 538 g/mol. The lowest BCUT2D eigenvalue weighted by atomic mass is 10.0. The van der Waals surface area contributed by atoms with E-state index in [1.807, 2.05) is 30.5 Å². The molecule has 0 aliphatic heterocycles. The minimum atomic E-state index is -1.39. The normalized spacial score (nSPS) is 14.1. The number of para-hydroxylation sites is 1. The Labute approximate surface area is 236 Å². The summed E-state index contributed by atoms with van der Waals surface area (Å²) in [6, 6.07) is 2.64. The molecule has 0 radical (unpaired) electrons. The number of primary amides is 1. The number of carbonyl (C=O) groups excluding carboxylic acids is 4. The van der Waals surface area contributed by atoms with Gasteiger partial charge in [0.05, 0.1) is 12.5 Å². The Kier molecular flexibility index (Phi) is 13.4. The topological polar surface area (TPSA) is 236 Å². The van der Waals surface area contributed by atoms with E-state index in [1.54, 1.807) is 6.20 Å². The first-order valence-corrected chi connectivity index (χ1v) is 14.4. The van der Waals surface area contributed by atoms with Gasteiger partial charge in [-0.25, -0.2) is 4.79 Å². The maximum atomic E-state index is 13.3. The van der Waals surface area contributed by atoms with Crippen LogP contribution >= 0.6 is 11.8 Å². The van der Waals surface area contributed by atoms with Crippen LogP contribution in [0.2, 0.25) is 0 Å². The van der Waals surface area contributed by atoms with Gasteiger partial charge in [0, 0.05) is 23.5 Å². The van der Waals surface area contributed by atoms with Gasteiger partial charge in [-0.2, -0.15) is 11.8 Å². The Balaban J connectivity index is 2.28. The summed E-state index contributed by atoms with van der Waals surface area (Å²) in [5.41, 5.74) is 18.2. The highest BCUT2D eigenvalue weighted by Crippen LogP contribution is 2.19. The summed E-state index contributed by atoms with van der Waals surface area (Å²) in [5, 5.41) is 17.9. The number of hydrogen-bond donors (Lipinski definition) is 8. The molecule has 0 bridgehead atoms. The van der Waals surface area contributed by atoms with Gasteiger partial charge in [-0.15, -0.1) is 0 Å². The molecule has 0 fully saturated rings. The number of aromatic nitrogens is 1. The van der Waals surface area contributed by atoms with Crippen molar-refractivity contribution < 1.29 is 29.1 Å². The summed E-state index contributed by atoms with van der Waals surface area (Å²) in [6.07, 6.45) is 4.77. The van der Waals surface area contributed by atoms with Crippen molar-refractivity contribution in [1.82, 2.24) is 20.9 Å². The standard InChI is InChI=1S/C26H39N7O6S/c1-40-11-9-19(26(38)39)31-24(36)20(12-15-14-30-18-8-3-2-6-16(15)18)33-25(37)21(13-22(29)34)32-23(35)17(28)7-4-5-10-27/h2-3,6,8,14,17,19-21,30H,4-5,7,9-13,27-28H2,1H3,(H2,29,34)(H,31,36)(H,32,35)(H,33,37)(H,38,39). The number of aromatic amines is 1. The predicted octanol–water partition coefficient (Wildman–Crippen LogP) is -0.666. The Bertz CT molecular complexity index is 1170. The van der Waals surface area contributed by atoms with Crippen molar-refractivity contribution in [3.05, 3.63) is 36.0 Å². The third-order valence-electron chi connectivity index (χ3n) is 6.30. The third kappa shape index (κ3) is 10.2. The van der Waals surface area contributed by atoms with E-state index in [4.69, 9.17) is 17.2 Å². The van der Waals surface area contributed by atoms with Gasteiger partial charge in [0.2, 0.25) is 23.6 Å². The second kappa shape index (κ2) is 16.5. The molecule has 1 aromatic heterocycles. The average Bonchev–Trinajstić information content (AvgIpc) is 3.32. The average molecular weight is 578 g/mol. The van der Waals surface area contributed by atoms with Crippen molar-refractivity contribution in [2.45, 2.75) is 62.7 Å². The summed E-state index contributed by atoms with van der Waals surface area (Å²) >= 11 is 1.43. The van der Waals surface area contributed by atoms with E-state index in [-0.39, 0.29) is 12.8 Å². The van der Waals surface area contributed by atoms with Crippen molar-refractivity contribution in [3.63, 3.8) is 0 Å². The largest absolute Gasteiger partial charge is 0.480 e. The summed E-state index contributed by atoms with van der Waals surface area (Å²) < 4.78 is 0. The Hall–Kier alpha value is -3.62. The van der Waals surface area contributed by atoms with Gasteiger partial charge in [-0.1, -0.05) is 24.6 Å². The molecule has 0 saturated carbocycles. The van der Waals surface area contributed by atoms with Crippen LogP contribution in [0.3, 0.4) is 0 Å². The molecular formula is C26H39N7O6S. The number of aliphatic carboxylic acids is 1. The molecule has 4 unspecified atom stereocenters. The highest BCUT2D eigenvalue weighted by molar-refractivity contribution is 7.98. The molecule has 0 aliphatic carbocycles. The lowest BCUT2D eigenvalue weighted by Crippen LogP contribution is -2.58. The molecule has 0 saturated heterocycles. The number of unbranched alkanes of at least 4 members (excludes halogenated alkanes) is 1. The van der Waals surface area contributed by atoms with Crippen molar-refractivity contribution >= 4 is 52.3 Å². The minimum absolute atomic E-state index is 0.00624. The van der Waals surface area contributed by atoms with Gasteiger partial charge in [-0.05, 0) is 49.4 Å². The smallest absolute Gasteiger partial charge is 0.326 e. The second-order valence-electron chi connectivity index (χ2n) is 9.43. The number of benzene rings is 1. The number of fused-ring (bicyclic) bond motifs is 1. The molecule has 11 N–H and O–H groups in total. The Morgan fingerprint density at radius 2 is 1.60 bits per heavy atom. The van der Waals surface area contributed by atoms with E-state index in [0.29, 0.717) is 37.1 Å². The molecule has 14 heteroatoms. The van der Waals surface area contributed by atoms with Crippen LogP contribution < -0.4 is 33.2 Å². The van der Waals surface area contributed by atoms with Crippen LogP contribution in [0.4, 0.5) is 0 Å². The van der Waals surface area contributed by atoms with Gasteiger partial charge in [0.1, 0.15) is 18.1 Å². The highest BCUT2D eigenvalue weighted by atomic mass is 32.2. The van der Waals surface area contributed by atoms with E-state index in [9.17, 15) is 29.1 Å². The molecule has 220 valence electrons. The van der Waals surface area contributed by atoms with Crippen LogP contribution in [0.15, 0.2) is 30.5 Å². The monoisotopic (exact) mass is 577 g/mol. The first kappa shape index (κ1) is 32.6. The molecule has 13 nitrogen and oxygen atoms in total. The van der Waals surface area contributed by atoms with Crippen molar-refractivity contribution in [3.8, 4) is 0 Å². The van der Waals surface area contributed by atoms with E-state index in [0.717, 1.165) is 10.9 Å². The molecule has 2 aromatic rings. The van der Waals surface area contributed by atoms with Gasteiger partial charge >= 0.3 is 5.97 Å². The maximum absolute atomic E-state index is 13.3. The maximum Gasteiger partial charge on any atom is 0.326 e. The number of carbonyl (C=O) groups is 5. The van der Waals surface area contributed by atoms with E-state index < -0.39 is 60.2 Å². The van der Waals surface area contributed by atoms with Gasteiger partial charge in [0.15, 0.2) is 0 Å². The predicted molar refractivity (Wildman–Crippen MR) is 153 cm³/mol. The molecule has 0 aliphatic rings. The van der Waals surface area contributed by atoms with E-state index >= 15 is 0 Å². The van der Waals surface area contributed by atoms with Gasteiger partial charge < -0.3 is 43.2 Å². The molecule has 1 heterocycles. The van der Waals surface area contributed by atoms with Gasteiger partial charge in [0.25, 0.3) is 0 Å². The van der Waals surface area contributed by atoms with Crippen LogP contribution in [0.25, 0.3) is 10.9 Å².